The van der Waals surface area contributed by atoms with Gasteiger partial charge in [-0.15, -0.1) is 11.3 Å². The Hall–Kier alpha value is -1.95. The predicted molar refractivity (Wildman–Crippen MR) is 101 cm³/mol. The van der Waals surface area contributed by atoms with Crippen molar-refractivity contribution in [3.8, 4) is 5.75 Å². The summed E-state index contributed by atoms with van der Waals surface area (Å²) in [6, 6.07) is 3.91. The van der Waals surface area contributed by atoms with Crippen LogP contribution in [0.2, 0.25) is 0 Å². The van der Waals surface area contributed by atoms with Crippen LogP contribution in [0.1, 0.15) is 54.5 Å². The van der Waals surface area contributed by atoms with Crippen LogP contribution >= 0.6 is 11.3 Å². The SMILES string of the molecule is COc1ccc(F)cc1C(=O)N=c1sc(C(C)(C)C)c(C)n1CC1CC1. The predicted octanol–water partition coefficient (Wildman–Crippen LogP) is 4.45. The molecule has 1 amide bonds. The Morgan fingerprint density at radius 1 is 1.38 bits per heavy atom. The zero-order valence-electron chi connectivity index (χ0n) is 15.9. The van der Waals surface area contributed by atoms with Crippen molar-refractivity contribution in [1.29, 1.82) is 0 Å². The van der Waals surface area contributed by atoms with Crippen LogP contribution in [0, 0.1) is 18.7 Å². The zero-order valence-corrected chi connectivity index (χ0v) is 16.7. The smallest absolute Gasteiger partial charge is 0.283 e. The monoisotopic (exact) mass is 376 g/mol. The lowest BCUT2D eigenvalue weighted by atomic mass is 9.93. The zero-order chi connectivity index (χ0) is 19.1. The molecule has 1 aliphatic carbocycles. The molecular weight excluding hydrogens is 351 g/mol. The first-order valence-electron chi connectivity index (χ1n) is 8.84. The summed E-state index contributed by atoms with van der Waals surface area (Å²) < 4.78 is 21.0. The van der Waals surface area contributed by atoms with Crippen molar-refractivity contribution in [1.82, 2.24) is 4.57 Å². The van der Waals surface area contributed by atoms with Crippen LogP contribution in [0.15, 0.2) is 23.2 Å². The third kappa shape index (κ3) is 3.90. The highest BCUT2D eigenvalue weighted by molar-refractivity contribution is 7.09. The molecule has 0 saturated heterocycles. The molecule has 2 aromatic rings. The first-order valence-corrected chi connectivity index (χ1v) is 9.65. The molecule has 0 N–H and O–H groups in total. The molecule has 1 aliphatic rings. The summed E-state index contributed by atoms with van der Waals surface area (Å²) in [5.41, 5.74) is 1.29. The van der Waals surface area contributed by atoms with Gasteiger partial charge in [0.15, 0.2) is 4.80 Å². The van der Waals surface area contributed by atoms with Crippen LogP contribution in [0.5, 0.6) is 5.75 Å². The second-order valence-electron chi connectivity index (χ2n) is 7.86. The maximum atomic E-state index is 13.6. The van der Waals surface area contributed by atoms with E-state index in [0.717, 1.165) is 12.2 Å². The lowest BCUT2D eigenvalue weighted by Gasteiger charge is -2.17. The van der Waals surface area contributed by atoms with E-state index in [9.17, 15) is 9.18 Å². The number of methoxy groups -OCH3 is 1. The first-order chi connectivity index (χ1) is 12.2. The Balaban J connectivity index is 2.10. The first kappa shape index (κ1) is 18.8. The molecule has 26 heavy (non-hydrogen) atoms. The highest BCUT2D eigenvalue weighted by atomic mass is 32.1. The fourth-order valence-electron chi connectivity index (χ4n) is 3.03. The van der Waals surface area contributed by atoms with Crippen molar-refractivity contribution in [3.05, 3.63) is 45.0 Å². The highest BCUT2D eigenvalue weighted by Crippen LogP contribution is 2.33. The minimum atomic E-state index is -0.479. The molecular formula is C20H25FN2O2S. The average Bonchev–Trinajstić information content (AvgIpc) is 3.33. The number of rotatable bonds is 4. The topological polar surface area (TPSA) is 43.6 Å². The second kappa shape index (κ2) is 6.99. The maximum absolute atomic E-state index is 13.6. The Kier molecular flexibility index (Phi) is 5.06. The average molecular weight is 376 g/mol. The molecule has 1 aromatic heterocycles. The van der Waals surface area contributed by atoms with Gasteiger partial charge >= 0.3 is 0 Å². The van der Waals surface area contributed by atoms with Crippen LogP contribution in [0.25, 0.3) is 0 Å². The number of halogens is 1. The number of thiazole rings is 1. The van der Waals surface area contributed by atoms with Crippen LogP contribution < -0.4 is 9.54 Å². The summed E-state index contributed by atoms with van der Waals surface area (Å²) in [4.78, 5) is 19.0. The van der Waals surface area contributed by atoms with E-state index >= 15 is 0 Å². The molecule has 140 valence electrons. The van der Waals surface area contributed by atoms with Crippen molar-refractivity contribution in [3.63, 3.8) is 0 Å². The van der Waals surface area contributed by atoms with E-state index in [1.807, 2.05) is 0 Å². The summed E-state index contributed by atoms with van der Waals surface area (Å²) in [7, 11) is 1.46. The van der Waals surface area contributed by atoms with Crippen LogP contribution in [-0.4, -0.2) is 17.6 Å². The normalized spacial score (nSPS) is 15.4. The van der Waals surface area contributed by atoms with E-state index in [1.165, 1.54) is 43.0 Å². The maximum Gasteiger partial charge on any atom is 0.283 e. The third-order valence-corrected chi connectivity index (χ3v) is 6.17. The fraction of sp³-hybridized carbons (Fsp3) is 0.500. The summed E-state index contributed by atoms with van der Waals surface area (Å²) in [6.07, 6.45) is 2.44. The van der Waals surface area contributed by atoms with Crippen LogP contribution in [0.3, 0.4) is 0 Å². The lowest BCUT2D eigenvalue weighted by molar-refractivity contribution is 0.0994. The number of aromatic nitrogens is 1. The molecule has 0 unspecified atom stereocenters. The molecule has 3 rings (SSSR count). The molecule has 1 saturated carbocycles. The largest absolute Gasteiger partial charge is 0.496 e. The van der Waals surface area contributed by atoms with Crippen molar-refractivity contribution >= 4 is 17.2 Å². The van der Waals surface area contributed by atoms with Gasteiger partial charge in [0.25, 0.3) is 5.91 Å². The molecule has 0 bridgehead atoms. The van der Waals surface area contributed by atoms with E-state index in [-0.39, 0.29) is 11.0 Å². The number of hydrogen-bond acceptors (Lipinski definition) is 3. The van der Waals surface area contributed by atoms with E-state index in [0.29, 0.717) is 16.5 Å². The minimum absolute atomic E-state index is 0.0204. The fourth-order valence-corrected chi connectivity index (χ4v) is 4.23. The van der Waals surface area contributed by atoms with Crippen molar-refractivity contribution in [2.24, 2.45) is 10.9 Å². The van der Waals surface area contributed by atoms with Gasteiger partial charge in [-0.2, -0.15) is 4.99 Å². The molecule has 0 radical (unpaired) electrons. The van der Waals surface area contributed by atoms with Gasteiger partial charge in [0, 0.05) is 17.1 Å². The molecule has 0 aliphatic heterocycles. The lowest BCUT2D eigenvalue weighted by Crippen LogP contribution is -2.20. The van der Waals surface area contributed by atoms with Crippen molar-refractivity contribution in [2.75, 3.05) is 7.11 Å². The number of carbonyl (C=O) groups is 1. The molecule has 1 heterocycles. The van der Waals surface area contributed by atoms with Crippen LogP contribution in [-0.2, 0) is 12.0 Å². The Morgan fingerprint density at radius 3 is 2.65 bits per heavy atom. The second-order valence-corrected chi connectivity index (χ2v) is 8.84. The Bertz CT molecular complexity index is 902. The van der Waals surface area contributed by atoms with E-state index < -0.39 is 11.7 Å². The minimum Gasteiger partial charge on any atom is -0.496 e. The third-order valence-electron chi connectivity index (χ3n) is 4.57. The van der Waals surface area contributed by atoms with Gasteiger partial charge in [-0.25, -0.2) is 4.39 Å². The summed E-state index contributed by atoms with van der Waals surface area (Å²) in [5.74, 6) is 0.0349. The van der Waals surface area contributed by atoms with E-state index in [1.54, 1.807) is 11.3 Å². The standard InChI is InChI=1S/C20H25FN2O2S/c1-12-17(20(2,3)4)26-19(23(12)11-13-6-7-13)22-18(24)15-10-14(21)8-9-16(15)25-5/h8-10,13H,6-7,11H2,1-5H3. The Labute approximate surface area is 157 Å². The number of nitrogens with zero attached hydrogens (tertiary/aromatic N) is 2. The van der Waals surface area contributed by atoms with Crippen molar-refractivity contribution in [2.45, 2.75) is 52.5 Å². The van der Waals surface area contributed by atoms with E-state index in [2.05, 4.69) is 37.3 Å². The number of amides is 1. The molecule has 1 aromatic carbocycles. The molecule has 6 heteroatoms. The van der Waals surface area contributed by atoms with Gasteiger partial charge in [0.2, 0.25) is 0 Å². The molecule has 4 nitrogen and oxygen atoms in total. The summed E-state index contributed by atoms with van der Waals surface area (Å²) >= 11 is 1.54. The number of hydrogen-bond donors (Lipinski definition) is 0. The van der Waals surface area contributed by atoms with E-state index in [4.69, 9.17) is 4.74 Å². The van der Waals surface area contributed by atoms with Gasteiger partial charge < -0.3 is 9.30 Å². The number of benzene rings is 1. The summed E-state index contributed by atoms with van der Waals surface area (Å²) in [6.45, 7) is 9.45. The molecule has 0 spiro atoms. The van der Waals surface area contributed by atoms with Gasteiger partial charge in [0.1, 0.15) is 11.6 Å². The van der Waals surface area contributed by atoms with Crippen molar-refractivity contribution < 1.29 is 13.9 Å². The summed E-state index contributed by atoms with van der Waals surface area (Å²) in [5, 5.41) is 0. The van der Waals surface area contributed by atoms with Crippen LogP contribution in [0.4, 0.5) is 4.39 Å². The Morgan fingerprint density at radius 2 is 2.08 bits per heavy atom. The van der Waals surface area contributed by atoms with Gasteiger partial charge in [0.05, 0.1) is 12.7 Å². The molecule has 0 atom stereocenters. The number of carbonyl (C=O) groups excluding carboxylic acids is 1. The van der Waals surface area contributed by atoms with Gasteiger partial charge in [-0.1, -0.05) is 20.8 Å². The van der Waals surface area contributed by atoms with Gasteiger partial charge in [-0.05, 0) is 49.3 Å². The number of ether oxygens (including phenoxy) is 1. The quantitative estimate of drug-likeness (QED) is 0.791. The van der Waals surface area contributed by atoms with Gasteiger partial charge in [-0.3, -0.25) is 4.79 Å². The molecule has 1 fully saturated rings. The highest BCUT2D eigenvalue weighted by Gasteiger charge is 2.27.